The molecule has 7 nitrogen and oxygen atoms in total. The van der Waals surface area contributed by atoms with Crippen LogP contribution in [-0.4, -0.2) is 30.2 Å². The lowest BCUT2D eigenvalue weighted by Gasteiger charge is -2.10. The molecule has 0 atom stereocenters. The standard InChI is InChI=1S/C20H17Cl2N3O4S/c1-28-17-9-16(23)15(22)8-13(17)19(27)29-11-18(26)24-20-25(6-7-30-20)10-12-4-2-3-5-14(12)21/h2-9H,10-11,23H2,1H3. The van der Waals surface area contributed by atoms with E-state index in [0.29, 0.717) is 16.4 Å². The lowest BCUT2D eigenvalue weighted by molar-refractivity contribution is -0.121. The Morgan fingerprint density at radius 3 is 2.70 bits per heavy atom. The van der Waals surface area contributed by atoms with Gasteiger partial charge in [0.25, 0.3) is 5.91 Å². The second-order valence-corrected chi connectivity index (χ2v) is 7.75. The molecule has 1 amide bonds. The fourth-order valence-corrected chi connectivity index (χ4v) is 3.66. The molecule has 30 heavy (non-hydrogen) atoms. The van der Waals surface area contributed by atoms with Gasteiger partial charge in [0, 0.05) is 22.7 Å². The summed E-state index contributed by atoms with van der Waals surface area (Å²) >= 11 is 13.4. The summed E-state index contributed by atoms with van der Waals surface area (Å²) in [4.78, 5) is 29.1. The number of rotatable bonds is 6. The molecule has 2 N–H and O–H groups in total. The Balaban J connectivity index is 1.70. The van der Waals surface area contributed by atoms with Gasteiger partial charge in [-0.2, -0.15) is 4.99 Å². The molecular weight excluding hydrogens is 449 g/mol. The first kappa shape index (κ1) is 21.9. The molecule has 0 aliphatic carbocycles. The van der Waals surface area contributed by atoms with Crippen molar-refractivity contribution in [2.75, 3.05) is 19.5 Å². The van der Waals surface area contributed by atoms with E-state index < -0.39 is 18.5 Å². The first-order valence-corrected chi connectivity index (χ1v) is 10.3. The minimum atomic E-state index is -0.771. The summed E-state index contributed by atoms with van der Waals surface area (Å²) in [7, 11) is 1.38. The van der Waals surface area contributed by atoms with Gasteiger partial charge in [0.2, 0.25) is 0 Å². The van der Waals surface area contributed by atoms with E-state index in [1.54, 1.807) is 22.2 Å². The molecule has 0 radical (unpaired) electrons. The summed E-state index contributed by atoms with van der Waals surface area (Å²) in [5, 5.41) is 2.60. The highest BCUT2D eigenvalue weighted by Gasteiger charge is 2.17. The Morgan fingerprint density at radius 2 is 1.97 bits per heavy atom. The molecule has 0 aliphatic rings. The Bertz CT molecular complexity index is 1160. The summed E-state index contributed by atoms with van der Waals surface area (Å²) in [6, 6.07) is 10.2. The zero-order valence-electron chi connectivity index (χ0n) is 15.8. The fourth-order valence-electron chi connectivity index (χ4n) is 2.56. The number of nitrogens with zero attached hydrogens (tertiary/aromatic N) is 2. The molecule has 0 aliphatic heterocycles. The Morgan fingerprint density at radius 1 is 1.20 bits per heavy atom. The number of nitrogens with two attached hydrogens (primary N) is 1. The predicted molar refractivity (Wildman–Crippen MR) is 116 cm³/mol. The number of benzene rings is 2. The number of ether oxygens (including phenoxy) is 2. The normalized spacial score (nSPS) is 11.4. The average molecular weight is 466 g/mol. The monoisotopic (exact) mass is 465 g/mol. The van der Waals surface area contributed by atoms with Gasteiger partial charge in [-0.3, -0.25) is 4.79 Å². The van der Waals surface area contributed by atoms with Crippen LogP contribution in [0.3, 0.4) is 0 Å². The highest BCUT2D eigenvalue weighted by Crippen LogP contribution is 2.29. The summed E-state index contributed by atoms with van der Waals surface area (Å²) in [5.41, 5.74) is 6.92. The molecule has 2 aromatic carbocycles. The van der Waals surface area contributed by atoms with Gasteiger partial charge in [0.1, 0.15) is 11.3 Å². The van der Waals surface area contributed by atoms with E-state index in [1.807, 2.05) is 18.2 Å². The second kappa shape index (κ2) is 9.80. The predicted octanol–water partition coefficient (Wildman–Crippen LogP) is 3.78. The highest BCUT2D eigenvalue weighted by molar-refractivity contribution is 7.07. The van der Waals surface area contributed by atoms with E-state index in [0.717, 1.165) is 5.56 Å². The van der Waals surface area contributed by atoms with E-state index in [9.17, 15) is 9.59 Å². The molecule has 156 valence electrons. The fraction of sp³-hybridized carbons (Fsp3) is 0.150. The van der Waals surface area contributed by atoms with Gasteiger partial charge in [0.15, 0.2) is 11.4 Å². The smallest absolute Gasteiger partial charge is 0.342 e. The van der Waals surface area contributed by atoms with Gasteiger partial charge < -0.3 is 19.8 Å². The molecule has 3 aromatic rings. The van der Waals surface area contributed by atoms with Crippen molar-refractivity contribution in [3.8, 4) is 5.75 Å². The van der Waals surface area contributed by atoms with Crippen molar-refractivity contribution in [1.29, 1.82) is 0 Å². The quantitative estimate of drug-likeness (QED) is 0.441. The van der Waals surface area contributed by atoms with Crippen LogP contribution in [0.25, 0.3) is 0 Å². The van der Waals surface area contributed by atoms with Gasteiger partial charge >= 0.3 is 5.97 Å². The number of esters is 1. The van der Waals surface area contributed by atoms with Gasteiger partial charge in [0.05, 0.1) is 24.4 Å². The number of nitrogen functional groups attached to an aromatic ring is 1. The topological polar surface area (TPSA) is 95.9 Å². The molecule has 0 saturated carbocycles. The summed E-state index contributed by atoms with van der Waals surface area (Å²) in [5.74, 6) is -1.19. The zero-order valence-corrected chi connectivity index (χ0v) is 18.1. The van der Waals surface area contributed by atoms with E-state index in [1.165, 1.54) is 30.6 Å². The first-order chi connectivity index (χ1) is 14.4. The molecule has 0 spiro atoms. The number of hydrogen-bond donors (Lipinski definition) is 1. The van der Waals surface area contributed by atoms with Crippen molar-refractivity contribution in [2.24, 2.45) is 4.99 Å². The minimum Gasteiger partial charge on any atom is -0.496 e. The SMILES string of the molecule is COc1cc(N)c(Cl)cc1C(=O)OCC(=O)N=c1sccn1Cc1ccccc1Cl. The Hall–Kier alpha value is -2.81. The number of hydrogen-bond acceptors (Lipinski definition) is 6. The third-order valence-electron chi connectivity index (χ3n) is 4.04. The van der Waals surface area contributed by atoms with Crippen LogP contribution >= 0.6 is 34.5 Å². The molecule has 0 fully saturated rings. The van der Waals surface area contributed by atoms with Crippen LogP contribution in [0.2, 0.25) is 10.0 Å². The molecule has 0 saturated heterocycles. The van der Waals surface area contributed by atoms with E-state index in [2.05, 4.69) is 4.99 Å². The number of carbonyl (C=O) groups excluding carboxylic acids is 2. The number of halogens is 2. The molecule has 10 heteroatoms. The number of anilines is 1. The maximum absolute atomic E-state index is 12.3. The van der Waals surface area contributed by atoms with Crippen LogP contribution in [0.15, 0.2) is 53.0 Å². The molecule has 0 bridgehead atoms. The van der Waals surface area contributed by atoms with E-state index in [-0.39, 0.29) is 22.0 Å². The van der Waals surface area contributed by atoms with Crippen molar-refractivity contribution < 1.29 is 19.1 Å². The van der Waals surface area contributed by atoms with Crippen LogP contribution < -0.4 is 15.3 Å². The van der Waals surface area contributed by atoms with Crippen LogP contribution in [0.4, 0.5) is 5.69 Å². The maximum Gasteiger partial charge on any atom is 0.342 e. The van der Waals surface area contributed by atoms with Crippen LogP contribution in [-0.2, 0) is 16.1 Å². The molecule has 1 heterocycles. The van der Waals surface area contributed by atoms with Crippen LogP contribution in [0, 0.1) is 0 Å². The van der Waals surface area contributed by atoms with E-state index in [4.69, 9.17) is 38.4 Å². The summed E-state index contributed by atoms with van der Waals surface area (Å²) < 4.78 is 12.0. The molecule has 0 unspecified atom stereocenters. The summed E-state index contributed by atoms with van der Waals surface area (Å²) in [6.45, 7) is -0.0792. The molecular formula is C20H17Cl2N3O4S. The Kier molecular flexibility index (Phi) is 7.15. The van der Waals surface area contributed by atoms with Crippen LogP contribution in [0.1, 0.15) is 15.9 Å². The first-order valence-electron chi connectivity index (χ1n) is 8.64. The van der Waals surface area contributed by atoms with Crippen molar-refractivity contribution in [3.63, 3.8) is 0 Å². The largest absolute Gasteiger partial charge is 0.496 e. The third kappa shape index (κ3) is 5.21. The lowest BCUT2D eigenvalue weighted by Crippen LogP contribution is -2.20. The van der Waals surface area contributed by atoms with Gasteiger partial charge in [-0.25, -0.2) is 4.79 Å². The summed E-state index contributed by atoms with van der Waals surface area (Å²) in [6.07, 6.45) is 1.80. The van der Waals surface area contributed by atoms with E-state index >= 15 is 0 Å². The number of thiazole rings is 1. The van der Waals surface area contributed by atoms with Crippen LogP contribution in [0.5, 0.6) is 5.75 Å². The lowest BCUT2D eigenvalue weighted by atomic mass is 10.2. The van der Waals surface area contributed by atoms with Crippen molar-refractivity contribution in [1.82, 2.24) is 4.57 Å². The molecule has 1 aromatic heterocycles. The average Bonchev–Trinajstić information content (AvgIpc) is 3.16. The number of carbonyl (C=O) groups is 2. The van der Waals surface area contributed by atoms with Crippen molar-refractivity contribution in [3.05, 3.63) is 73.9 Å². The number of aromatic nitrogens is 1. The van der Waals surface area contributed by atoms with Gasteiger partial charge in [-0.05, 0) is 17.7 Å². The maximum atomic E-state index is 12.3. The van der Waals surface area contributed by atoms with Gasteiger partial charge in [-0.15, -0.1) is 11.3 Å². The highest BCUT2D eigenvalue weighted by atomic mass is 35.5. The van der Waals surface area contributed by atoms with Crippen molar-refractivity contribution >= 4 is 52.1 Å². The number of methoxy groups -OCH3 is 1. The second-order valence-electron chi connectivity index (χ2n) is 6.06. The third-order valence-corrected chi connectivity index (χ3v) is 5.53. The molecule has 3 rings (SSSR count). The Labute approximate surface area is 186 Å². The van der Waals surface area contributed by atoms with Gasteiger partial charge in [-0.1, -0.05) is 41.4 Å². The number of amides is 1. The minimum absolute atomic E-state index is 0.0643. The zero-order chi connectivity index (χ0) is 21.7. The van der Waals surface area contributed by atoms with Crippen molar-refractivity contribution in [2.45, 2.75) is 6.54 Å².